The summed E-state index contributed by atoms with van der Waals surface area (Å²) in [4.78, 5) is 39.0. The third-order valence-electron chi connectivity index (χ3n) is 4.46. The number of likely N-dealkylation sites (tertiary alicyclic amines) is 1. The molecule has 0 aliphatic carbocycles. The highest BCUT2D eigenvalue weighted by atomic mass is 16.2. The molecule has 2 heterocycles. The molecule has 0 aromatic heterocycles. The van der Waals surface area contributed by atoms with E-state index in [0.717, 1.165) is 18.7 Å². The Bertz CT molecular complexity index is 610. The van der Waals surface area contributed by atoms with Gasteiger partial charge in [-0.15, -0.1) is 0 Å². The van der Waals surface area contributed by atoms with E-state index in [0.29, 0.717) is 24.9 Å². The number of hydrogen-bond donors (Lipinski definition) is 1. The minimum Gasteiger partial charge on any atom is -0.333 e. The highest BCUT2D eigenvalue weighted by Gasteiger charge is 2.29. The molecule has 0 unspecified atom stereocenters. The largest absolute Gasteiger partial charge is 0.333 e. The number of benzene rings is 1. The van der Waals surface area contributed by atoms with Crippen molar-refractivity contribution in [2.24, 2.45) is 0 Å². The van der Waals surface area contributed by atoms with E-state index in [1.54, 1.807) is 12.1 Å². The fraction of sp³-hybridized carbons (Fsp3) is 0.471. The summed E-state index contributed by atoms with van der Waals surface area (Å²) in [5.74, 6) is -0.214. The van der Waals surface area contributed by atoms with E-state index in [1.807, 2.05) is 24.0 Å². The maximum Gasteiger partial charge on any atom is 0.254 e. The first kappa shape index (κ1) is 15.7. The zero-order valence-corrected chi connectivity index (χ0v) is 13.2. The Hall–Kier alpha value is -2.21. The second kappa shape index (κ2) is 6.50. The Balaban J connectivity index is 1.68. The van der Waals surface area contributed by atoms with Crippen LogP contribution in [0, 0.1) is 0 Å². The number of hydrogen-bond acceptors (Lipinski definition) is 4. The molecule has 2 saturated heterocycles. The topological polar surface area (TPSA) is 69.7 Å². The number of rotatable bonds is 3. The lowest BCUT2D eigenvalue weighted by Gasteiger charge is -2.34. The monoisotopic (exact) mass is 315 g/mol. The number of nitrogens with zero attached hydrogens (tertiary/aromatic N) is 2. The molecule has 23 heavy (non-hydrogen) atoms. The minimum absolute atomic E-state index is 0.0267. The van der Waals surface area contributed by atoms with Crippen LogP contribution in [0.5, 0.6) is 0 Å². The van der Waals surface area contributed by atoms with Crippen LogP contribution < -0.4 is 5.32 Å². The van der Waals surface area contributed by atoms with Gasteiger partial charge in [0.1, 0.15) is 0 Å². The maximum absolute atomic E-state index is 12.5. The van der Waals surface area contributed by atoms with Crippen LogP contribution in [0.15, 0.2) is 24.3 Å². The van der Waals surface area contributed by atoms with E-state index in [-0.39, 0.29) is 30.3 Å². The van der Waals surface area contributed by atoms with Crippen molar-refractivity contribution in [3.63, 3.8) is 0 Å². The van der Waals surface area contributed by atoms with Crippen molar-refractivity contribution in [3.05, 3.63) is 35.4 Å². The van der Waals surface area contributed by atoms with Gasteiger partial charge in [-0.3, -0.25) is 19.3 Å². The standard InChI is InChI=1S/C17H21N3O3/c1-12-10-18-8-9-19(12)17(23)14-4-2-13(3-5-14)11-20-15(21)6-7-16(20)22/h2-5,12,18H,6-11H2,1H3/t12-/m0/s1. The van der Waals surface area contributed by atoms with Crippen LogP contribution in [-0.2, 0) is 16.1 Å². The van der Waals surface area contributed by atoms with Gasteiger partial charge < -0.3 is 10.2 Å². The lowest BCUT2D eigenvalue weighted by molar-refractivity contribution is -0.139. The normalized spacial score (nSPS) is 21.9. The number of imide groups is 1. The predicted molar refractivity (Wildman–Crippen MR) is 84.6 cm³/mol. The molecule has 122 valence electrons. The molecule has 1 aromatic rings. The van der Waals surface area contributed by atoms with Crippen molar-refractivity contribution < 1.29 is 14.4 Å². The highest BCUT2D eigenvalue weighted by Crippen LogP contribution is 2.17. The van der Waals surface area contributed by atoms with Gasteiger partial charge in [-0.1, -0.05) is 12.1 Å². The van der Waals surface area contributed by atoms with Crippen LogP contribution >= 0.6 is 0 Å². The van der Waals surface area contributed by atoms with Crippen molar-refractivity contribution in [2.75, 3.05) is 19.6 Å². The minimum atomic E-state index is -0.121. The Labute approximate surface area is 135 Å². The number of carbonyl (C=O) groups is 3. The Morgan fingerprint density at radius 1 is 1.17 bits per heavy atom. The number of amides is 3. The van der Waals surface area contributed by atoms with Crippen LogP contribution in [0.25, 0.3) is 0 Å². The number of nitrogens with one attached hydrogen (secondary N) is 1. The molecule has 0 saturated carbocycles. The van der Waals surface area contributed by atoms with Crippen LogP contribution in [0.4, 0.5) is 0 Å². The molecule has 0 bridgehead atoms. The van der Waals surface area contributed by atoms with Crippen LogP contribution in [0.3, 0.4) is 0 Å². The summed E-state index contributed by atoms with van der Waals surface area (Å²) in [5.41, 5.74) is 1.50. The summed E-state index contributed by atoms with van der Waals surface area (Å²) in [5, 5.41) is 3.27. The van der Waals surface area contributed by atoms with E-state index in [9.17, 15) is 14.4 Å². The summed E-state index contributed by atoms with van der Waals surface area (Å²) >= 11 is 0. The molecule has 3 rings (SSSR count). The molecule has 0 radical (unpaired) electrons. The first-order valence-corrected chi connectivity index (χ1v) is 8.00. The second-order valence-electron chi connectivity index (χ2n) is 6.12. The zero-order valence-electron chi connectivity index (χ0n) is 13.2. The van der Waals surface area contributed by atoms with Crippen LogP contribution in [-0.4, -0.2) is 53.2 Å². The number of carbonyl (C=O) groups excluding carboxylic acids is 3. The summed E-state index contributed by atoms with van der Waals surface area (Å²) in [6.07, 6.45) is 0.604. The van der Waals surface area contributed by atoms with Gasteiger partial charge in [0.15, 0.2) is 0 Å². The first-order chi connectivity index (χ1) is 11.1. The molecule has 6 nitrogen and oxygen atoms in total. The van der Waals surface area contributed by atoms with Gasteiger partial charge in [-0.2, -0.15) is 0 Å². The third-order valence-corrected chi connectivity index (χ3v) is 4.46. The fourth-order valence-corrected chi connectivity index (χ4v) is 3.04. The summed E-state index contributed by atoms with van der Waals surface area (Å²) in [7, 11) is 0. The van der Waals surface area contributed by atoms with Gasteiger partial charge in [0, 0.05) is 44.1 Å². The van der Waals surface area contributed by atoms with E-state index < -0.39 is 0 Å². The lowest BCUT2D eigenvalue weighted by Crippen LogP contribution is -2.52. The van der Waals surface area contributed by atoms with E-state index in [2.05, 4.69) is 5.32 Å². The Kier molecular flexibility index (Phi) is 4.43. The molecule has 6 heteroatoms. The Morgan fingerprint density at radius 2 is 1.83 bits per heavy atom. The first-order valence-electron chi connectivity index (χ1n) is 8.00. The van der Waals surface area contributed by atoms with Crippen molar-refractivity contribution >= 4 is 17.7 Å². The third kappa shape index (κ3) is 3.27. The molecule has 3 amide bonds. The highest BCUT2D eigenvalue weighted by molar-refractivity contribution is 6.01. The number of piperazine rings is 1. The van der Waals surface area contributed by atoms with Crippen molar-refractivity contribution in [1.29, 1.82) is 0 Å². The second-order valence-corrected chi connectivity index (χ2v) is 6.12. The SMILES string of the molecule is C[C@H]1CNCCN1C(=O)c1ccc(CN2C(=O)CCC2=O)cc1. The van der Waals surface area contributed by atoms with Gasteiger partial charge >= 0.3 is 0 Å². The molecule has 2 fully saturated rings. The van der Waals surface area contributed by atoms with Crippen LogP contribution in [0.2, 0.25) is 0 Å². The van der Waals surface area contributed by atoms with Crippen molar-refractivity contribution in [3.8, 4) is 0 Å². The molecule has 1 atom stereocenters. The zero-order chi connectivity index (χ0) is 16.4. The summed E-state index contributed by atoms with van der Waals surface area (Å²) in [6, 6.07) is 7.36. The van der Waals surface area contributed by atoms with Gasteiger partial charge in [0.05, 0.1) is 6.54 Å². The molecule has 2 aliphatic heterocycles. The Morgan fingerprint density at radius 3 is 2.43 bits per heavy atom. The van der Waals surface area contributed by atoms with Gasteiger partial charge in [0.2, 0.25) is 11.8 Å². The van der Waals surface area contributed by atoms with E-state index >= 15 is 0 Å². The van der Waals surface area contributed by atoms with Crippen molar-refractivity contribution in [2.45, 2.75) is 32.4 Å². The van der Waals surface area contributed by atoms with Crippen molar-refractivity contribution in [1.82, 2.24) is 15.1 Å². The fourth-order valence-electron chi connectivity index (χ4n) is 3.04. The van der Waals surface area contributed by atoms with Gasteiger partial charge in [-0.05, 0) is 24.6 Å². The molecule has 1 N–H and O–H groups in total. The lowest BCUT2D eigenvalue weighted by atomic mass is 10.1. The summed E-state index contributed by atoms with van der Waals surface area (Å²) in [6.45, 7) is 4.65. The smallest absolute Gasteiger partial charge is 0.254 e. The van der Waals surface area contributed by atoms with Gasteiger partial charge in [-0.25, -0.2) is 0 Å². The molecule has 0 spiro atoms. The quantitative estimate of drug-likeness (QED) is 0.837. The van der Waals surface area contributed by atoms with E-state index in [1.165, 1.54) is 4.90 Å². The van der Waals surface area contributed by atoms with Gasteiger partial charge in [0.25, 0.3) is 5.91 Å². The molecule has 1 aromatic carbocycles. The predicted octanol–water partition coefficient (Wildman–Crippen LogP) is 0.769. The maximum atomic E-state index is 12.5. The summed E-state index contributed by atoms with van der Waals surface area (Å²) < 4.78 is 0. The average Bonchev–Trinajstić information content (AvgIpc) is 2.87. The molecular weight excluding hydrogens is 294 g/mol. The van der Waals surface area contributed by atoms with Crippen LogP contribution in [0.1, 0.15) is 35.7 Å². The van der Waals surface area contributed by atoms with E-state index in [4.69, 9.17) is 0 Å². The average molecular weight is 315 g/mol. The molecular formula is C17H21N3O3. The molecule has 2 aliphatic rings.